The maximum Gasteiger partial charge on any atom is 0.251 e. The first-order valence-corrected chi connectivity index (χ1v) is 6.39. The van der Waals surface area contributed by atoms with Crippen LogP contribution in [0.25, 0.3) is 0 Å². The minimum absolute atomic E-state index is 0.0548. The smallest absolute Gasteiger partial charge is 0.251 e. The second kappa shape index (κ2) is 7.71. The molecule has 18 heavy (non-hydrogen) atoms. The molecule has 0 radical (unpaired) electrons. The van der Waals surface area contributed by atoms with Crippen LogP contribution in [0.5, 0.6) is 0 Å². The quantitative estimate of drug-likeness (QED) is 0.729. The van der Waals surface area contributed by atoms with Gasteiger partial charge in [-0.05, 0) is 44.5 Å². The van der Waals surface area contributed by atoms with Crippen molar-refractivity contribution in [3.63, 3.8) is 0 Å². The van der Waals surface area contributed by atoms with E-state index in [4.69, 9.17) is 4.74 Å². The molecule has 0 aliphatic rings. The first kappa shape index (κ1) is 14.5. The molecule has 0 spiro atoms. The number of carbonyl (C=O) groups is 1. The third-order valence-electron chi connectivity index (χ3n) is 2.59. The van der Waals surface area contributed by atoms with Crippen molar-refractivity contribution in [2.24, 2.45) is 0 Å². The third-order valence-corrected chi connectivity index (χ3v) is 2.59. The van der Waals surface area contributed by atoms with Gasteiger partial charge >= 0.3 is 0 Å². The summed E-state index contributed by atoms with van der Waals surface area (Å²) < 4.78 is 5.17. The summed E-state index contributed by atoms with van der Waals surface area (Å²) >= 11 is 0. The van der Waals surface area contributed by atoms with E-state index in [1.165, 1.54) is 0 Å². The molecule has 100 valence electrons. The average molecular weight is 250 g/mol. The van der Waals surface area contributed by atoms with E-state index in [1.54, 1.807) is 0 Å². The van der Waals surface area contributed by atoms with Crippen LogP contribution in [-0.4, -0.2) is 32.2 Å². The average Bonchev–Trinajstić information content (AvgIpc) is 2.37. The Morgan fingerprint density at radius 1 is 1.33 bits per heavy atom. The summed E-state index contributed by atoms with van der Waals surface area (Å²) in [5.74, 6) is -0.0548. The molecule has 1 rings (SSSR count). The van der Waals surface area contributed by atoms with Crippen LogP contribution in [0.3, 0.4) is 0 Å². The van der Waals surface area contributed by atoms with E-state index < -0.39 is 0 Å². The second-order valence-electron chi connectivity index (χ2n) is 4.01. The van der Waals surface area contributed by atoms with E-state index in [2.05, 4.69) is 10.6 Å². The van der Waals surface area contributed by atoms with Crippen LogP contribution < -0.4 is 10.6 Å². The molecule has 0 bridgehead atoms. The largest absolute Gasteiger partial charge is 0.385 e. The lowest BCUT2D eigenvalue weighted by atomic mass is 10.1. The van der Waals surface area contributed by atoms with E-state index in [0.29, 0.717) is 25.3 Å². The predicted octanol–water partition coefficient (Wildman–Crippen LogP) is 2.19. The summed E-state index contributed by atoms with van der Waals surface area (Å²) in [7, 11) is 0. The maximum absolute atomic E-state index is 11.8. The molecule has 2 N–H and O–H groups in total. The van der Waals surface area contributed by atoms with E-state index in [9.17, 15) is 4.79 Å². The van der Waals surface area contributed by atoms with Crippen molar-refractivity contribution in [3.05, 3.63) is 29.3 Å². The summed E-state index contributed by atoms with van der Waals surface area (Å²) in [6.07, 6.45) is 0. The van der Waals surface area contributed by atoms with Crippen LogP contribution in [0.15, 0.2) is 18.2 Å². The van der Waals surface area contributed by atoms with Crippen LogP contribution in [0.1, 0.15) is 29.8 Å². The monoisotopic (exact) mass is 250 g/mol. The van der Waals surface area contributed by atoms with Crippen LogP contribution in [-0.2, 0) is 4.74 Å². The number of benzene rings is 1. The fraction of sp³-hybridized carbons (Fsp3) is 0.500. The van der Waals surface area contributed by atoms with Gasteiger partial charge in [0.25, 0.3) is 5.91 Å². The van der Waals surface area contributed by atoms with Crippen molar-refractivity contribution in [1.82, 2.24) is 5.32 Å². The Hall–Kier alpha value is -1.55. The van der Waals surface area contributed by atoms with Crippen LogP contribution in [0.4, 0.5) is 5.69 Å². The molecule has 4 heteroatoms. The number of carbonyl (C=O) groups excluding carboxylic acids is 1. The minimum atomic E-state index is -0.0548. The van der Waals surface area contributed by atoms with Gasteiger partial charge in [0.2, 0.25) is 0 Å². The highest BCUT2D eigenvalue weighted by Gasteiger charge is 2.06. The third kappa shape index (κ3) is 4.37. The van der Waals surface area contributed by atoms with E-state index in [1.807, 2.05) is 39.0 Å². The SMILES string of the molecule is CCNc1ccc(C(=O)NCCOCC)cc1C. The Bertz CT molecular complexity index is 391. The number of rotatable bonds is 7. The molecule has 1 amide bonds. The molecule has 0 heterocycles. The summed E-state index contributed by atoms with van der Waals surface area (Å²) in [4.78, 5) is 11.8. The lowest BCUT2D eigenvalue weighted by molar-refractivity contribution is 0.0922. The summed E-state index contributed by atoms with van der Waals surface area (Å²) in [6, 6.07) is 5.67. The Labute approximate surface area is 109 Å². The summed E-state index contributed by atoms with van der Waals surface area (Å²) in [6.45, 7) is 8.62. The Morgan fingerprint density at radius 2 is 2.11 bits per heavy atom. The summed E-state index contributed by atoms with van der Waals surface area (Å²) in [5, 5.41) is 6.08. The van der Waals surface area contributed by atoms with Crippen molar-refractivity contribution in [1.29, 1.82) is 0 Å². The molecule has 1 aromatic carbocycles. The molecule has 0 fully saturated rings. The fourth-order valence-corrected chi connectivity index (χ4v) is 1.68. The minimum Gasteiger partial charge on any atom is -0.385 e. The number of ether oxygens (including phenoxy) is 1. The Balaban J connectivity index is 2.55. The Morgan fingerprint density at radius 3 is 2.72 bits per heavy atom. The van der Waals surface area contributed by atoms with Crippen LogP contribution in [0.2, 0.25) is 0 Å². The molecule has 0 atom stereocenters. The standard InChI is InChI=1S/C14H22N2O2/c1-4-15-13-7-6-12(10-11(13)3)14(17)16-8-9-18-5-2/h6-7,10,15H,4-5,8-9H2,1-3H3,(H,16,17). The number of amides is 1. The molecule has 0 saturated heterocycles. The van der Waals surface area contributed by atoms with Gasteiger partial charge < -0.3 is 15.4 Å². The van der Waals surface area contributed by atoms with Gasteiger partial charge in [-0.2, -0.15) is 0 Å². The highest BCUT2D eigenvalue weighted by molar-refractivity contribution is 5.94. The van der Waals surface area contributed by atoms with Crippen molar-refractivity contribution in [2.75, 3.05) is 31.6 Å². The van der Waals surface area contributed by atoms with Gasteiger partial charge in [0.1, 0.15) is 0 Å². The van der Waals surface area contributed by atoms with Gasteiger partial charge in [-0.25, -0.2) is 0 Å². The van der Waals surface area contributed by atoms with Crippen molar-refractivity contribution in [3.8, 4) is 0 Å². The zero-order valence-electron chi connectivity index (χ0n) is 11.4. The van der Waals surface area contributed by atoms with Crippen molar-refractivity contribution < 1.29 is 9.53 Å². The highest BCUT2D eigenvalue weighted by Crippen LogP contribution is 2.16. The normalized spacial score (nSPS) is 10.2. The number of aryl methyl sites for hydroxylation is 1. The van der Waals surface area contributed by atoms with Gasteiger partial charge in [-0.15, -0.1) is 0 Å². The first-order valence-electron chi connectivity index (χ1n) is 6.39. The van der Waals surface area contributed by atoms with Gasteiger partial charge in [0.05, 0.1) is 6.61 Å². The topological polar surface area (TPSA) is 50.4 Å². The number of anilines is 1. The molecular weight excluding hydrogens is 228 g/mol. The Kier molecular flexibility index (Phi) is 6.22. The fourth-order valence-electron chi connectivity index (χ4n) is 1.68. The molecule has 0 aliphatic carbocycles. The molecule has 0 unspecified atom stereocenters. The predicted molar refractivity (Wildman–Crippen MR) is 74.2 cm³/mol. The number of hydrogen-bond donors (Lipinski definition) is 2. The second-order valence-corrected chi connectivity index (χ2v) is 4.01. The van der Waals surface area contributed by atoms with E-state index >= 15 is 0 Å². The van der Waals surface area contributed by atoms with Crippen LogP contribution >= 0.6 is 0 Å². The molecule has 0 aromatic heterocycles. The van der Waals surface area contributed by atoms with Crippen molar-refractivity contribution >= 4 is 11.6 Å². The van der Waals surface area contributed by atoms with E-state index in [-0.39, 0.29) is 5.91 Å². The molecule has 0 aliphatic heterocycles. The lowest BCUT2D eigenvalue weighted by Gasteiger charge is -2.10. The molecule has 0 saturated carbocycles. The molecular formula is C14H22N2O2. The molecule has 4 nitrogen and oxygen atoms in total. The summed E-state index contributed by atoms with van der Waals surface area (Å²) in [5.41, 5.74) is 2.84. The molecule has 1 aromatic rings. The zero-order chi connectivity index (χ0) is 13.4. The van der Waals surface area contributed by atoms with Crippen molar-refractivity contribution in [2.45, 2.75) is 20.8 Å². The van der Waals surface area contributed by atoms with Gasteiger partial charge in [-0.3, -0.25) is 4.79 Å². The zero-order valence-corrected chi connectivity index (χ0v) is 11.4. The first-order chi connectivity index (χ1) is 8.69. The lowest BCUT2D eigenvalue weighted by Crippen LogP contribution is -2.27. The van der Waals surface area contributed by atoms with E-state index in [0.717, 1.165) is 17.8 Å². The van der Waals surface area contributed by atoms with Crippen LogP contribution in [0, 0.1) is 6.92 Å². The highest BCUT2D eigenvalue weighted by atomic mass is 16.5. The maximum atomic E-state index is 11.8. The van der Waals surface area contributed by atoms with Gasteiger partial charge in [0, 0.05) is 30.9 Å². The van der Waals surface area contributed by atoms with Gasteiger partial charge in [0.15, 0.2) is 0 Å². The number of nitrogens with one attached hydrogen (secondary N) is 2. The number of hydrogen-bond acceptors (Lipinski definition) is 3. The van der Waals surface area contributed by atoms with Gasteiger partial charge in [-0.1, -0.05) is 0 Å².